The van der Waals surface area contributed by atoms with Crippen LogP contribution in [-0.4, -0.2) is 39.6 Å². The number of hydrogen-bond acceptors (Lipinski definition) is 2. The number of carbonyl (C=O) groups is 2. The van der Waals surface area contributed by atoms with E-state index in [0.717, 1.165) is 12.8 Å². The molecule has 2 N–H and O–H groups in total. The van der Waals surface area contributed by atoms with E-state index in [-0.39, 0.29) is 11.6 Å². The topological polar surface area (TPSA) is 69.6 Å². The Morgan fingerprint density at radius 2 is 2.00 bits per heavy atom. The van der Waals surface area contributed by atoms with Gasteiger partial charge >= 0.3 is 12.0 Å². The third kappa shape index (κ3) is 2.94. The lowest BCUT2D eigenvalue weighted by atomic mass is 9.91. The summed E-state index contributed by atoms with van der Waals surface area (Å²) in [6.45, 7) is 8.15. The first-order chi connectivity index (χ1) is 8.23. The summed E-state index contributed by atoms with van der Waals surface area (Å²) in [4.78, 5) is 25.3. The van der Waals surface area contributed by atoms with Crippen LogP contribution in [-0.2, 0) is 4.79 Å². The first-order valence-corrected chi connectivity index (χ1v) is 6.56. The fourth-order valence-electron chi connectivity index (χ4n) is 2.57. The van der Waals surface area contributed by atoms with Gasteiger partial charge in [0.1, 0.15) is 5.54 Å². The van der Waals surface area contributed by atoms with E-state index in [4.69, 9.17) is 0 Å². The molecule has 1 aliphatic heterocycles. The van der Waals surface area contributed by atoms with E-state index in [1.807, 2.05) is 27.7 Å². The number of aliphatic carboxylic acids is 1. The van der Waals surface area contributed by atoms with E-state index in [1.54, 1.807) is 0 Å². The van der Waals surface area contributed by atoms with Crippen LogP contribution in [0.2, 0.25) is 0 Å². The van der Waals surface area contributed by atoms with Gasteiger partial charge in [0.15, 0.2) is 0 Å². The molecule has 1 saturated heterocycles. The third-order valence-electron chi connectivity index (χ3n) is 3.28. The molecule has 1 fully saturated rings. The smallest absolute Gasteiger partial charge is 0.329 e. The molecule has 1 atom stereocenters. The van der Waals surface area contributed by atoms with Gasteiger partial charge in [-0.1, -0.05) is 13.3 Å². The molecular formula is C13H24N2O3. The van der Waals surface area contributed by atoms with Gasteiger partial charge in [0.2, 0.25) is 0 Å². The largest absolute Gasteiger partial charge is 0.479 e. The van der Waals surface area contributed by atoms with Crippen molar-refractivity contribution in [2.75, 3.05) is 6.54 Å². The van der Waals surface area contributed by atoms with Gasteiger partial charge in [-0.3, -0.25) is 0 Å². The Morgan fingerprint density at radius 1 is 1.39 bits per heavy atom. The average molecular weight is 256 g/mol. The highest BCUT2D eigenvalue weighted by atomic mass is 16.4. The molecule has 0 aromatic rings. The summed E-state index contributed by atoms with van der Waals surface area (Å²) in [6, 6.07) is -0.268. The zero-order valence-corrected chi connectivity index (χ0v) is 11.7. The number of amides is 2. The zero-order valence-electron chi connectivity index (χ0n) is 11.7. The highest BCUT2D eigenvalue weighted by molar-refractivity contribution is 5.87. The molecule has 1 heterocycles. The second kappa shape index (κ2) is 5.16. The monoisotopic (exact) mass is 256 g/mol. The van der Waals surface area contributed by atoms with Crippen molar-refractivity contribution < 1.29 is 14.7 Å². The number of carboxylic acids is 1. The number of likely N-dealkylation sites (tertiary alicyclic amines) is 1. The van der Waals surface area contributed by atoms with Crippen LogP contribution < -0.4 is 5.32 Å². The van der Waals surface area contributed by atoms with Gasteiger partial charge in [-0.2, -0.15) is 0 Å². The average Bonchev–Trinajstić information content (AvgIpc) is 2.60. The minimum absolute atomic E-state index is 0.268. The van der Waals surface area contributed by atoms with E-state index in [1.165, 1.54) is 4.90 Å². The zero-order chi connectivity index (χ0) is 14.0. The third-order valence-corrected chi connectivity index (χ3v) is 3.28. The highest BCUT2D eigenvalue weighted by Gasteiger charge is 2.49. The fraction of sp³-hybridized carbons (Fsp3) is 0.846. The molecule has 18 heavy (non-hydrogen) atoms. The van der Waals surface area contributed by atoms with Crippen LogP contribution in [0.15, 0.2) is 0 Å². The first kappa shape index (κ1) is 14.8. The van der Waals surface area contributed by atoms with Gasteiger partial charge in [-0.15, -0.1) is 0 Å². The summed E-state index contributed by atoms with van der Waals surface area (Å²) in [5.74, 6) is -0.883. The molecule has 5 nitrogen and oxygen atoms in total. The maximum atomic E-state index is 12.2. The Hall–Kier alpha value is -1.26. The second-order valence-electron chi connectivity index (χ2n) is 6.02. The predicted octanol–water partition coefficient (Wildman–Crippen LogP) is 2.21. The quantitative estimate of drug-likeness (QED) is 0.813. The lowest BCUT2D eigenvalue weighted by molar-refractivity contribution is -0.148. The Labute approximate surface area is 109 Å². The molecule has 0 aliphatic carbocycles. The molecule has 5 heteroatoms. The minimum atomic E-state index is -1.01. The van der Waals surface area contributed by atoms with E-state index >= 15 is 0 Å². The number of rotatable bonds is 3. The number of carbonyl (C=O) groups excluding carboxylic acids is 1. The Kier molecular flexibility index (Phi) is 4.24. The van der Waals surface area contributed by atoms with Crippen molar-refractivity contribution in [1.29, 1.82) is 0 Å². The van der Waals surface area contributed by atoms with Crippen LogP contribution in [0.1, 0.15) is 53.4 Å². The number of carboxylic acid groups (broad SMARTS) is 1. The predicted molar refractivity (Wildman–Crippen MR) is 69.5 cm³/mol. The first-order valence-electron chi connectivity index (χ1n) is 6.56. The maximum absolute atomic E-state index is 12.2. The van der Waals surface area contributed by atoms with Crippen LogP contribution in [0.5, 0.6) is 0 Å². The van der Waals surface area contributed by atoms with Crippen molar-refractivity contribution in [3.05, 3.63) is 0 Å². The molecule has 0 spiro atoms. The molecule has 1 aliphatic rings. The summed E-state index contributed by atoms with van der Waals surface area (Å²) >= 11 is 0. The number of nitrogens with one attached hydrogen (secondary N) is 1. The van der Waals surface area contributed by atoms with E-state index < -0.39 is 11.5 Å². The molecule has 0 radical (unpaired) electrons. The lowest BCUT2D eigenvalue weighted by Crippen LogP contribution is -2.58. The molecule has 1 unspecified atom stereocenters. The highest BCUT2D eigenvalue weighted by Crippen LogP contribution is 2.34. The van der Waals surface area contributed by atoms with Crippen LogP contribution in [0.4, 0.5) is 4.79 Å². The summed E-state index contributed by atoms with van der Waals surface area (Å²) in [6.07, 6.45) is 2.57. The molecule has 0 saturated carbocycles. The maximum Gasteiger partial charge on any atom is 0.329 e. The summed E-state index contributed by atoms with van der Waals surface area (Å²) < 4.78 is 0. The Morgan fingerprint density at radius 3 is 2.44 bits per heavy atom. The minimum Gasteiger partial charge on any atom is -0.479 e. The molecule has 2 amide bonds. The van der Waals surface area contributed by atoms with Gasteiger partial charge in [-0.25, -0.2) is 9.59 Å². The van der Waals surface area contributed by atoms with Gasteiger partial charge in [0.05, 0.1) is 0 Å². The number of hydrogen-bond donors (Lipinski definition) is 2. The molecular weight excluding hydrogens is 232 g/mol. The van der Waals surface area contributed by atoms with E-state index in [0.29, 0.717) is 19.4 Å². The standard InChI is InChI=1S/C13H24N2O3/c1-5-7-13(10(16)17)8-6-9-15(13)11(18)14-12(2,3)4/h5-9H2,1-4H3,(H,14,18)(H,16,17). The Bertz CT molecular complexity index is 336. The Balaban J connectivity index is 2.92. The van der Waals surface area contributed by atoms with Crippen LogP contribution in [0.25, 0.3) is 0 Å². The van der Waals surface area contributed by atoms with Crippen molar-refractivity contribution in [1.82, 2.24) is 10.2 Å². The van der Waals surface area contributed by atoms with Crippen LogP contribution in [0.3, 0.4) is 0 Å². The van der Waals surface area contributed by atoms with E-state index in [9.17, 15) is 14.7 Å². The second-order valence-corrected chi connectivity index (χ2v) is 6.02. The van der Waals surface area contributed by atoms with Crippen molar-refractivity contribution in [3.63, 3.8) is 0 Å². The fourth-order valence-corrected chi connectivity index (χ4v) is 2.57. The van der Waals surface area contributed by atoms with Crippen molar-refractivity contribution in [2.45, 2.75) is 64.5 Å². The molecule has 0 aromatic heterocycles. The van der Waals surface area contributed by atoms with Gasteiger partial charge in [0, 0.05) is 12.1 Å². The molecule has 0 aromatic carbocycles. The normalized spacial score (nSPS) is 24.1. The SMILES string of the molecule is CCCC1(C(=O)O)CCCN1C(=O)NC(C)(C)C. The summed E-state index contributed by atoms with van der Waals surface area (Å²) in [5.41, 5.74) is -1.36. The van der Waals surface area contributed by atoms with Crippen LogP contribution in [0, 0.1) is 0 Å². The van der Waals surface area contributed by atoms with E-state index in [2.05, 4.69) is 5.32 Å². The molecule has 1 rings (SSSR count). The van der Waals surface area contributed by atoms with Gasteiger partial charge in [-0.05, 0) is 40.0 Å². The number of nitrogens with zero attached hydrogens (tertiary/aromatic N) is 1. The summed E-state index contributed by atoms with van der Waals surface area (Å²) in [5, 5.41) is 12.3. The van der Waals surface area contributed by atoms with Crippen molar-refractivity contribution in [2.24, 2.45) is 0 Å². The van der Waals surface area contributed by atoms with Crippen molar-refractivity contribution >= 4 is 12.0 Å². The lowest BCUT2D eigenvalue weighted by Gasteiger charge is -2.36. The van der Waals surface area contributed by atoms with Gasteiger partial charge in [0.25, 0.3) is 0 Å². The van der Waals surface area contributed by atoms with Crippen molar-refractivity contribution in [3.8, 4) is 0 Å². The summed E-state index contributed by atoms with van der Waals surface area (Å²) in [7, 11) is 0. The molecule has 0 bridgehead atoms. The molecule has 104 valence electrons. The van der Waals surface area contributed by atoms with Gasteiger partial charge < -0.3 is 15.3 Å². The van der Waals surface area contributed by atoms with Crippen LogP contribution >= 0.6 is 0 Å². The number of urea groups is 1.